The molecule has 0 radical (unpaired) electrons. The summed E-state index contributed by atoms with van der Waals surface area (Å²) >= 11 is 3.34. The Bertz CT molecular complexity index is 800. The minimum atomic E-state index is -0.611. The lowest BCUT2D eigenvalue weighted by atomic mass is 9.94. The minimum Gasteiger partial charge on any atom is -0.490 e. The Morgan fingerprint density at radius 2 is 1.92 bits per heavy atom. The first-order valence-corrected chi connectivity index (χ1v) is 8.30. The molecule has 2 amide bonds. The molecule has 0 aromatic heterocycles. The molecule has 124 valence electrons. The number of carbonyl (C=O) groups is 2. The summed E-state index contributed by atoms with van der Waals surface area (Å²) in [4.78, 5) is 24.4. The van der Waals surface area contributed by atoms with Gasteiger partial charge < -0.3 is 15.4 Å². The molecule has 3 rings (SSSR count). The predicted molar refractivity (Wildman–Crippen MR) is 96.4 cm³/mol. The van der Waals surface area contributed by atoms with Crippen molar-refractivity contribution in [2.75, 3.05) is 17.2 Å². The van der Waals surface area contributed by atoms with Crippen LogP contribution in [0.15, 0.2) is 46.9 Å². The lowest BCUT2D eigenvalue weighted by Crippen LogP contribution is -2.33. The first-order chi connectivity index (χ1) is 11.3. The summed E-state index contributed by atoms with van der Waals surface area (Å²) in [5.74, 6) is 0.246. The van der Waals surface area contributed by atoms with Crippen LogP contribution in [0.25, 0.3) is 0 Å². The standard InChI is InChI=1S/C18H17BrN2O3/c1-18(2)10-24-15-9-13(7-8-14(15)21-17(18)23)20-16(22)11-3-5-12(19)6-4-11/h3-9H,10H2,1-2H3,(H,20,22)(H,21,23). The molecule has 1 heterocycles. The molecular weight excluding hydrogens is 372 g/mol. The molecule has 24 heavy (non-hydrogen) atoms. The number of amides is 2. The summed E-state index contributed by atoms with van der Waals surface area (Å²) < 4.78 is 6.65. The van der Waals surface area contributed by atoms with Crippen LogP contribution in [0.3, 0.4) is 0 Å². The third kappa shape index (κ3) is 3.43. The van der Waals surface area contributed by atoms with E-state index in [1.165, 1.54) is 0 Å². The fourth-order valence-corrected chi connectivity index (χ4v) is 2.51. The van der Waals surface area contributed by atoms with E-state index in [1.54, 1.807) is 30.3 Å². The molecule has 1 aliphatic rings. The molecule has 0 bridgehead atoms. The van der Waals surface area contributed by atoms with E-state index < -0.39 is 5.41 Å². The van der Waals surface area contributed by atoms with Crippen molar-refractivity contribution in [1.29, 1.82) is 0 Å². The zero-order valence-electron chi connectivity index (χ0n) is 13.4. The predicted octanol–water partition coefficient (Wildman–Crippen LogP) is 4.06. The van der Waals surface area contributed by atoms with Crippen LogP contribution in [0.4, 0.5) is 11.4 Å². The van der Waals surface area contributed by atoms with Gasteiger partial charge in [0.05, 0.1) is 11.1 Å². The fourth-order valence-electron chi connectivity index (χ4n) is 2.24. The van der Waals surface area contributed by atoms with E-state index in [-0.39, 0.29) is 18.4 Å². The van der Waals surface area contributed by atoms with Gasteiger partial charge in [0.15, 0.2) is 0 Å². The van der Waals surface area contributed by atoms with E-state index in [2.05, 4.69) is 26.6 Å². The highest BCUT2D eigenvalue weighted by molar-refractivity contribution is 9.10. The first kappa shape index (κ1) is 16.5. The maximum Gasteiger partial charge on any atom is 0.255 e. The Hall–Kier alpha value is -2.34. The van der Waals surface area contributed by atoms with Crippen LogP contribution < -0.4 is 15.4 Å². The summed E-state index contributed by atoms with van der Waals surface area (Å²) in [5.41, 5.74) is 1.16. The van der Waals surface area contributed by atoms with Gasteiger partial charge in [-0.25, -0.2) is 0 Å². The smallest absolute Gasteiger partial charge is 0.255 e. The highest BCUT2D eigenvalue weighted by Crippen LogP contribution is 2.34. The molecule has 6 heteroatoms. The van der Waals surface area contributed by atoms with Crippen molar-refractivity contribution >= 4 is 39.1 Å². The van der Waals surface area contributed by atoms with Gasteiger partial charge in [0.25, 0.3) is 5.91 Å². The summed E-state index contributed by atoms with van der Waals surface area (Å²) in [6.45, 7) is 3.92. The third-order valence-electron chi connectivity index (χ3n) is 3.80. The molecule has 0 aliphatic carbocycles. The number of benzene rings is 2. The summed E-state index contributed by atoms with van der Waals surface area (Å²) in [7, 11) is 0. The average molecular weight is 389 g/mol. The van der Waals surface area contributed by atoms with Gasteiger partial charge in [-0.15, -0.1) is 0 Å². The highest BCUT2D eigenvalue weighted by Gasteiger charge is 2.32. The van der Waals surface area contributed by atoms with E-state index in [0.717, 1.165) is 4.47 Å². The van der Waals surface area contributed by atoms with Crippen molar-refractivity contribution in [3.63, 3.8) is 0 Å². The first-order valence-electron chi connectivity index (χ1n) is 7.50. The van der Waals surface area contributed by atoms with Gasteiger partial charge in [-0.05, 0) is 50.2 Å². The van der Waals surface area contributed by atoms with Gasteiger partial charge in [0.2, 0.25) is 5.91 Å². The van der Waals surface area contributed by atoms with Gasteiger partial charge in [0, 0.05) is 21.8 Å². The molecule has 0 atom stereocenters. The molecule has 2 N–H and O–H groups in total. The maximum absolute atomic E-state index is 12.3. The van der Waals surface area contributed by atoms with Gasteiger partial charge >= 0.3 is 0 Å². The van der Waals surface area contributed by atoms with Crippen LogP contribution in [0, 0.1) is 5.41 Å². The monoisotopic (exact) mass is 388 g/mol. The zero-order valence-corrected chi connectivity index (χ0v) is 14.9. The van der Waals surface area contributed by atoms with Gasteiger partial charge in [-0.1, -0.05) is 15.9 Å². The topological polar surface area (TPSA) is 67.4 Å². The van der Waals surface area contributed by atoms with E-state index in [4.69, 9.17) is 4.74 Å². The normalized spacial score (nSPS) is 15.5. The van der Waals surface area contributed by atoms with Crippen molar-refractivity contribution in [1.82, 2.24) is 0 Å². The number of fused-ring (bicyclic) bond motifs is 1. The zero-order chi connectivity index (χ0) is 17.3. The second-order valence-corrected chi connectivity index (χ2v) is 7.21. The van der Waals surface area contributed by atoms with E-state index >= 15 is 0 Å². The van der Waals surface area contributed by atoms with Crippen molar-refractivity contribution in [3.8, 4) is 5.75 Å². The SMILES string of the molecule is CC1(C)COc2cc(NC(=O)c3ccc(Br)cc3)ccc2NC1=O. The van der Waals surface area contributed by atoms with Crippen LogP contribution in [-0.2, 0) is 4.79 Å². The highest BCUT2D eigenvalue weighted by atomic mass is 79.9. The molecule has 0 fully saturated rings. The summed E-state index contributed by atoms with van der Waals surface area (Å²) in [5, 5.41) is 5.68. The number of halogens is 1. The minimum absolute atomic E-state index is 0.0899. The quantitative estimate of drug-likeness (QED) is 0.814. The van der Waals surface area contributed by atoms with Crippen molar-refractivity contribution in [3.05, 3.63) is 52.5 Å². The van der Waals surface area contributed by atoms with Crippen molar-refractivity contribution in [2.45, 2.75) is 13.8 Å². The second-order valence-electron chi connectivity index (χ2n) is 6.30. The Morgan fingerprint density at radius 3 is 2.62 bits per heavy atom. The van der Waals surface area contributed by atoms with Crippen LogP contribution in [0.1, 0.15) is 24.2 Å². The maximum atomic E-state index is 12.3. The molecule has 0 saturated heterocycles. The molecule has 1 aliphatic heterocycles. The molecule has 0 spiro atoms. The lowest BCUT2D eigenvalue weighted by Gasteiger charge is -2.18. The molecular formula is C18H17BrN2O3. The number of ether oxygens (including phenoxy) is 1. The second kappa shape index (κ2) is 6.28. The number of nitrogens with one attached hydrogen (secondary N) is 2. The molecule has 2 aromatic rings. The van der Waals surface area contributed by atoms with Crippen LogP contribution in [-0.4, -0.2) is 18.4 Å². The number of rotatable bonds is 2. The number of carbonyl (C=O) groups excluding carboxylic acids is 2. The largest absolute Gasteiger partial charge is 0.490 e. The van der Waals surface area contributed by atoms with E-state index in [1.807, 2.05) is 26.0 Å². The molecule has 5 nitrogen and oxygen atoms in total. The van der Waals surface area contributed by atoms with Crippen LogP contribution >= 0.6 is 15.9 Å². The Kier molecular flexibility index (Phi) is 4.32. The van der Waals surface area contributed by atoms with E-state index in [9.17, 15) is 9.59 Å². The number of hydrogen-bond donors (Lipinski definition) is 2. The van der Waals surface area contributed by atoms with Gasteiger partial charge in [-0.3, -0.25) is 9.59 Å². The Morgan fingerprint density at radius 1 is 1.21 bits per heavy atom. The Balaban J connectivity index is 1.80. The van der Waals surface area contributed by atoms with E-state index in [0.29, 0.717) is 22.7 Å². The summed E-state index contributed by atoms with van der Waals surface area (Å²) in [6, 6.07) is 12.3. The van der Waals surface area contributed by atoms with Gasteiger partial charge in [-0.2, -0.15) is 0 Å². The third-order valence-corrected chi connectivity index (χ3v) is 4.33. The Labute approximate surface area is 148 Å². The molecule has 2 aromatic carbocycles. The lowest BCUT2D eigenvalue weighted by molar-refractivity contribution is -0.124. The number of hydrogen-bond acceptors (Lipinski definition) is 3. The van der Waals surface area contributed by atoms with Gasteiger partial charge in [0.1, 0.15) is 12.4 Å². The fraction of sp³-hybridized carbons (Fsp3) is 0.222. The molecule has 0 saturated carbocycles. The molecule has 0 unspecified atom stereocenters. The average Bonchev–Trinajstić information content (AvgIpc) is 2.65. The van der Waals surface area contributed by atoms with Crippen molar-refractivity contribution in [2.24, 2.45) is 5.41 Å². The van der Waals surface area contributed by atoms with Crippen molar-refractivity contribution < 1.29 is 14.3 Å². The van der Waals surface area contributed by atoms with Crippen LogP contribution in [0.5, 0.6) is 5.75 Å². The van der Waals surface area contributed by atoms with Crippen LogP contribution in [0.2, 0.25) is 0 Å². The number of anilines is 2. The summed E-state index contributed by atoms with van der Waals surface area (Å²) in [6.07, 6.45) is 0.